The number of hydrogen-bond acceptors (Lipinski definition) is 5. The average Bonchev–Trinajstić information content (AvgIpc) is 2.96. The first-order valence-corrected chi connectivity index (χ1v) is 7.64. The lowest BCUT2D eigenvalue weighted by Crippen LogP contribution is -1.84. The van der Waals surface area contributed by atoms with Crippen LogP contribution in [-0.2, 0) is 5.75 Å². The van der Waals surface area contributed by atoms with Crippen LogP contribution in [0.2, 0.25) is 5.02 Å². The van der Waals surface area contributed by atoms with E-state index < -0.39 is 0 Å². The molecule has 1 heterocycles. The van der Waals surface area contributed by atoms with Gasteiger partial charge in [-0.1, -0.05) is 23.7 Å². The summed E-state index contributed by atoms with van der Waals surface area (Å²) in [5, 5.41) is 8.68. The molecular weight excluding hydrogens is 306 g/mol. The number of nitrogens with zero attached hydrogens (tertiary/aromatic N) is 2. The maximum Gasteiger partial charge on any atom is 0.249 e. The van der Waals surface area contributed by atoms with Gasteiger partial charge in [-0.15, -0.1) is 22.0 Å². The van der Waals surface area contributed by atoms with E-state index in [9.17, 15) is 0 Å². The normalized spacial score (nSPS) is 10.7. The summed E-state index contributed by atoms with van der Waals surface area (Å²) >= 11 is 7.72. The van der Waals surface area contributed by atoms with Crippen LogP contribution in [0.1, 0.15) is 5.89 Å². The SMILES string of the molecule is Nc1ccc(SCc2nnc(-c3ccccc3Cl)o2)cc1. The van der Waals surface area contributed by atoms with Crippen molar-refractivity contribution in [2.45, 2.75) is 10.6 Å². The summed E-state index contributed by atoms with van der Waals surface area (Å²) in [6.45, 7) is 0. The molecule has 0 atom stereocenters. The number of anilines is 1. The fourth-order valence-corrected chi connectivity index (χ4v) is 2.72. The Morgan fingerprint density at radius 1 is 1.05 bits per heavy atom. The summed E-state index contributed by atoms with van der Waals surface area (Å²) in [5.41, 5.74) is 7.15. The summed E-state index contributed by atoms with van der Waals surface area (Å²) in [4.78, 5) is 1.10. The van der Waals surface area contributed by atoms with Gasteiger partial charge in [0.2, 0.25) is 11.8 Å². The molecule has 0 radical (unpaired) electrons. The van der Waals surface area contributed by atoms with Crippen LogP contribution in [0, 0.1) is 0 Å². The molecule has 2 N–H and O–H groups in total. The van der Waals surface area contributed by atoms with Crippen molar-refractivity contribution in [3.63, 3.8) is 0 Å². The second-order valence-corrected chi connectivity index (χ2v) is 5.79. The van der Waals surface area contributed by atoms with Crippen LogP contribution >= 0.6 is 23.4 Å². The molecule has 0 spiro atoms. The van der Waals surface area contributed by atoms with Crippen molar-refractivity contribution in [1.29, 1.82) is 0 Å². The van der Waals surface area contributed by atoms with Gasteiger partial charge in [0.05, 0.1) is 16.3 Å². The topological polar surface area (TPSA) is 64.9 Å². The van der Waals surface area contributed by atoms with Crippen LogP contribution < -0.4 is 5.73 Å². The highest BCUT2D eigenvalue weighted by Gasteiger charge is 2.11. The Balaban J connectivity index is 1.71. The molecule has 0 unspecified atom stereocenters. The van der Waals surface area contributed by atoms with Crippen LogP contribution in [0.4, 0.5) is 5.69 Å². The second kappa shape index (κ2) is 6.20. The van der Waals surface area contributed by atoms with Gasteiger partial charge in [-0.05, 0) is 36.4 Å². The van der Waals surface area contributed by atoms with E-state index in [0.717, 1.165) is 16.1 Å². The van der Waals surface area contributed by atoms with E-state index in [4.69, 9.17) is 21.8 Å². The quantitative estimate of drug-likeness (QED) is 0.575. The van der Waals surface area contributed by atoms with Gasteiger partial charge < -0.3 is 10.2 Å². The first-order chi connectivity index (χ1) is 10.2. The molecule has 0 aliphatic heterocycles. The van der Waals surface area contributed by atoms with E-state index in [1.54, 1.807) is 17.8 Å². The molecule has 0 aliphatic carbocycles. The maximum absolute atomic E-state index is 6.11. The molecule has 6 heteroatoms. The molecule has 1 aromatic heterocycles. The van der Waals surface area contributed by atoms with Crippen molar-refractivity contribution in [1.82, 2.24) is 10.2 Å². The number of thioether (sulfide) groups is 1. The lowest BCUT2D eigenvalue weighted by Gasteiger charge is -1.99. The van der Waals surface area contributed by atoms with Crippen molar-refractivity contribution in [2.75, 3.05) is 5.73 Å². The molecule has 3 aromatic rings. The molecule has 106 valence electrons. The molecule has 0 saturated carbocycles. The van der Waals surface area contributed by atoms with Gasteiger partial charge in [-0.2, -0.15) is 0 Å². The summed E-state index contributed by atoms with van der Waals surface area (Å²) in [6.07, 6.45) is 0. The number of nitrogen functional groups attached to an aromatic ring is 1. The Kier molecular flexibility index (Phi) is 4.13. The highest BCUT2D eigenvalue weighted by molar-refractivity contribution is 7.98. The predicted molar refractivity (Wildman–Crippen MR) is 85.2 cm³/mol. The van der Waals surface area contributed by atoms with Crippen molar-refractivity contribution in [2.24, 2.45) is 0 Å². The minimum Gasteiger partial charge on any atom is -0.420 e. The van der Waals surface area contributed by atoms with E-state index in [1.165, 1.54) is 0 Å². The van der Waals surface area contributed by atoms with Crippen LogP contribution in [0.5, 0.6) is 0 Å². The van der Waals surface area contributed by atoms with Gasteiger partial charge in [-0.25, -0.2) is 0 Å². The van der Waals surface area contributed by atoms with Crippen LogP contribution in [0.3, 0.4) is 0 Å². The van der Waals surface area contributed by atoms with Gasteiger partial charge in [-0.3, -0.25) is 0 Å². The minimum atomic E-state index is 0.438. The number of hydrogen-bond donors (Lipinski definition) is 1. The fourth-order valence-electron chi connectivity index (χ4n) is 1.76. The number of halogens is 1. The van der Waals surface area contributed by atoms with E-state index in [-0.39, 0.29) is 0 Å². The highest BCUT2D eigenvalue weighted by Crippen LogP contribution is 2.28. The molecule has 0 fully saturated rings. The number of nitrogens with two attached hydrogens (primary N) is 1. The zero-order chi connectivity index (χ0) is 14.7. The molecule has 2 aromatic carbocycles. The third kappa shape index (κ3) is 3.37. The molecule has 0 aliphatic rings. The van der Waals surface area contributed by atoms with E-state index >= 15 is 0 Å². The minimum absolute atomic E-state index is 0.438. The Labute approximate surface area is 131 Å². The smallest absolute Gasteiger partial charge is 0.249 e. The van der Waals surface area contributed by atoms with Gasteiger partial charge in [0.25, 0.3) is 0 Å². The second-order valence-electron chi connectivity index (χ2n) is 4.34. The number of rotatable bonds is 4. The standard InChI is InChI=1S/C15H12ClN3OS/c16-13-4-2-1-3-12(13)15-19-18-14(20-15)9-21-11-7-5-10(17)6-8-11/h1-8H,9,17H2. The number of benzene rings is 2. The van der Waals surface area contributed by atoms with E-state index in [2.05, 4.69) is 10.2 Å². The van der Waals surface area contributed by atoms with Crippen molar-refractivity contribution in [3.8, 4) is 11.5 Å². The molecule has 3 rings (SSSR count). The molecule has 21 heavy (non-hydrogen) atoms. The predicted octanol–water partition coefficient (Wildman–Crippen LogP) is 4.26. The molecule has 4 nitrogen and oxygen atoms in total. The Morgan fingerprint density at radius 2 is 1.81 bits per heavy atom. The molecule has 0 bridgehead atoms. The van der Waals surface area contributed by atoms with Crippen LogP contribution in [0.25, 0.3) is 11.5 Å². The zero-order valence-corrected chi connectivity index (χ0v) is 12.6. The fraction of sp³-hybridized carbons (Fsp3) is 0.0667. The monoisotopic (exact) mass is 317 g/mol. The molecular formula is C15H12ClN3OS. The lowest BCUT2D eigenvalue weighted by molar-refractivity contribution is 0.528. The largest absolute Gasteiger partial charge is 0.420 e. The summed E-state index contributed by atoms with van der Waals surface area (Å²) in [5.74, 6) is 1.60. The third-order valence-corrected chi connectivity index (χ3v) is 4.14. The molecule has 0 saturated heterocycles. The average molecular weight is 318 g/mol. The third-order valence-electron chi connectivity index (χ3n) is 2.81. The lowest BCUT2D eigenvalue weighted by atomic mass is 10.2. The van der Waals surface area contributed by atoms with Gasteiger partial charge in [0, 0.05) is 10.6 Å². The van der Waals surface area contributed by atoms with Crippen molar-refractivity contribution in [3.05, 3.63) is 59.4 Å². The first kappa shape index (κ1) is 14.0. The molecule has 0 amide bonds. The van der Waals surface area contributed by atoms with E-state index in [1.807, 2.05) is 42.5 Å². The highest BCUT2D eigenvalue weighted by atomic mass is 35.5. The first-order valence-electron chi connectivity index (χ1n) is 6.28. The zero-order valence-electron chi connectivity index (χ0n) is 11.0. The summed E-state index contributed by atoms with van der Waals surface area (Å²) in [7, 11) is 0. The van der Waals surface area contributed by atoms with Gasteiger partial charge >= 0.3 is 0 Å². The summed E-state index contributed by atoms with van der Waals surface area (Å²) < 4.78 is 5.64. The van der Waals surface area contributed by atoms with E-state index in [0.29, 0.717) is 22.6 Å². The Hall–Kier alpha value is -1.98. The number of aromatic nitrogens is 2. The summed E-state index contributed by atoms with van der Waals surface area (Å²) in [6, 6.07) is 15.1. The Morgan fingerprint density at radius 3 is 2.57 bits per heavy atom. The van der Waals surface area contributed by atoms with Crippen LogP contribution in [-0.4, -0.2) is 10.2 Å². The van der Waals surface area contributed by atoms with Gasteiger partial charge in [0.15, 0.2) is 0 Å². The Bertz CT molecular complexity index is 743. The van der Waals surface area contributed by atoms with Crippen LogP contribution in [0.15, 0.2) is 57.8 Å². The van der Waals surface area contributed by atoms with Crippen molar-refractivity contribution < 1.29 is 4.42 Å². The van der Waals surface area contributed by atoms with Crippen molar-refractivity contribution >= 4 is 29.1 Å². The van der Waals surface area contributed by atoms with Gasteiger partial charge in [0.1, 0.15) is 0 Å². The maximum atomic E-state index is 6.11.